The highest BCUT2D eigenvalue weighted by Crippen LogP contribution is 2.65. The summed E-state index contributed by atoms with van der Waals surface area (Å²) in [6.45, 7) is 7.84. The van der Waals surface area contributed by atoms with Crippen LogP contribution in [0.3, 0.4) is 0 Å². The molecule has 0 radical (unpaired) electrons. The summed E-state index contributed by atoms with van der Waals surface area (Å²) in [6, 6.07) is -3.67. The van der Waals surface area contributed by atoms with E-state index in [9.17, 15) is 37.1 Å². The predicted octanol–water partition coefficient (Wildman–Crippen LogP) is 0.0589. The molecule has 3 fully saturated rings. The van der Waals surface area contributed by atoms with Gasteiger partial charge in [0.05, 0.1) is 0 Å². The highest BCUT2D eigenvalue weighted by molar-refractivity contribution is 5.96. The lowest BCUT2D eigenvalue weighted by atomic mass is 9.95. The average Bonchev–Trinajstić information content (AvgIpc) is 3.10. The number of halogens is 3. The first-order valence-corrected chi connectivity index (χ1v) is 12.1. The van der Waals surface area contributed by atoms with Gasteiger partial charge < -0.3 is 26.6 Å². The van der Waals surface area contributed by atoms with E-state index in [-0.39, 0.29) is 48.5 Å². The van der Waals surface area contributed by atoms with Gasteiger partial charge in [0.1, 0.15) is 18.1 Å². The summed E-state index contributed by atoms with van der Waals surface area (Å²) in [4.78, 5) is 63.6. The van der Waals surface area contributed by atoms with E-state index in [1.165, 1.54) is 4.90 Å². The second-order valence-corrected chi connectivity index (χ2v) is 11.0. The van der Waals surface area contributed by atoms with Gasteiger partial charge in [-0.05, 0) is 42.4 Å². The van der Waals surface area contributed by atoms with Crippen LogP contribution in [-0.4, -0.2) is 71.8 Å². The number of nitrogens with two attached hydrogens (primary N) is 1. The van der Waals surface area contributed by atoms with E-state index in [2.05, 4.69) is 10.6 Å². The molecule has 1 saturated carbocycles. The van der Waals surface area contributed by atoms with Crippen molar-refractivity contribution in [2.45, 2.75) is 71.3 Å². The number of nitrogens with one attached hydrogen (secondary N) is 3. The number of carbonyl (C=O) groups excluding carboxylic acids is 5. The van der Waals surface area contributed by atoms with Crippen molar-refractivity contribution in [3.63, 3.8) is 0 Å². The molecular formula is C23H34F3N5O5. The molecule has 0 aromatic rings. The summed E-state index contributed by atoms with van der Waals surface area (Å²) in [5.41, 5.74) is 5.18. The molecule has 202 valence electrons. The Hall–Kier alpha value is -2.86. The first-order valence-electron chi connectivity index (χ1n) is 12.1. The minimum Gasteiger partial charge on any atom is -0.368 e. The van der Waals surface area contributed by atoms with E-state index in [4.69, 9.17) is 5.73 Å². The molecule has 2 heterocycles. The number of primary amides is 1. The number of piperidine rings is 1. The normalized spacial score (nSPS) is 28.2. The zero-order valence-corrected chi connectivity index (χ0v) is 20.8. The minimum atomic E-state index is -5.16. The second-order valence-electron chi connectivity index (χ2n) is 11.0. The summed E-state index contributed by atoms with van der Waals surface area (Å²) in [5.74, 6) is -5.80. The van der Waals surface area contributed by atoms with Gasteiger partial charge in [0.25, 0.3) is 0 Å². The van der Waals surface area contributed by atoms with Gasteiger partial charge in [0, 0.05) is 19.0 Å². The van der Waals surface area contributed by atoms with Crippen molar-refractivity contribution in [2.75, 3.05) is 13.1 Å². The lowest BCUT2D eigenvalue weighted by Gasteiger charge is -2.34. The van der Waals surface area contributed by atoms with E-state index in [1.807, 2.05) is 13.8 Å². The molecule has 5 N–H and O–H groups in total. The highest BCUT2D eigenvalue weighted by atomic mass is 19.4. The largest absolute Gasteiger partial charge is 0.471 e. The van der Waals surface area contributed by atoms with Gasteiger partial charge in [-0.1, -0.05) is 27.7 Å². The molecule has 0 unspecified atom stereocenters. The lowest BCUT2D eigenvalue weighted by Crippen LogP contribution is -2.59. The monoisotopic (exact) mass is 517 g/mol. The van der Waals surface area contributed by atoms with Gasteiger partial charge in [-0.15, -0.1) is 0 Å². The maximum Gasteiger partial charge on any atom is 0.471 e. The zero-order valence-electron chi connectivity index (χ0n) is 20.8. The van der Waals surface area contributed by atoms with Gasteiger partial charge in [-0.2, -0.15) is 13.2 Å². The number of rotatable bonds is 9. The van der Waals surface area contributed by atoms with E-state index < -0.39 is 53.8 Å². The van der Waals surface area contributed by atoms with Gasteiger partial charge in [0.15, 0.2) is 0 Å². The number of amides is 5. The third-order valence-corrected chi connectivity index (χ3v) is 7.67. The molecular weight excluding hydrogens is 483 g/mol. The molecule has 0 bridgehead atoms. The molecule has 3 aliphatic rings. The van der Waals surface area contributed by atoms with Crippen LogP contribution >= 0.6 is 0 Å². The molecule has 6 atom stereocenters. The van der Waals surface area contributed by atoms with Crippen LogP contribution in [-0.2, 0) is 24.0 Å². The number of carbonyl (C=O) groups is 5. The zero-order chi connectivity index (χ0) is 27.2. The fourth-order valence-electron chi connectivity index (χ4n) is 5.60. The van der Waals surface area contributed by atoms with E-state index >= 15 is 0 Å². The number of alkyl halides is 3. The molecule has 1 aliphatic carbocycles. The van der Waals surface area contributed by atoms with Crippen molar-refractivity contribution >= 4 is 29.5 Å². The van der Waals surface area contributed by atoms with Crippen LogP contribution in [0.4, 0.5) is 13.2 Å². The van der Waals surface area contributed by atoms with E-state index in [0.717, 1.165) is 0 Å². The standard InChI is InChI=1S/C23H34F3N5O5/c1-10(2)7-14(30-21(36)23(24,25)26)20(35)31-9-12-15(22(12,3)4)16(31)19(34)29-13(17(27)32)8-11-5-6-28-18(11)33/h10-16H,5-9H2,1-4H3,(H2,27,32)(H,28,33)(H,29,34)(H,30,36)/t11-,12-,13-,14-,15-,16-/m0/s1. The summed E-state index contributed by atoms with van der Waals surface area (Å²) in [6.07, 6.45) is -4.73. The van der Waals surface area contributed by atoms with Crippen molar-refractivity contribution in [1.29, 1.82) is 0 Å². The second kappa shape index (κ2) is 9.89. The third-order valence-electron chi connectivity index (χ3n) is 7.67. The topological polar surface area (TPSA) is 151 Å². The Balaban J connectivity index is 1.80. The number of hydrogen-bond acceptors (Lipinski definition) is 5. The molecule has 2 aliphatic heterocycles. The number of likely N-dealkylation sites (tertiary alicyclic amines) is 1. The number of nitrogens with zero attached hydrogens (tertiary/aromatic N) is 1. The van der Waals surface area contributed by atoms with Gasteiger partial charge >= 0.3 is 12.1 Å². The minimum absolute atomic E-state index is 0.00265. The summed E-state index contributed by atoms with van der Waals surface area (Å²) >= 11 is 0. The third kappa shape index (κ3) is 5.59. The molecule has 0 aromatic carbocycles. The first kappa shape index (κ1) is 27.7. The molecule has 13 heteroatoms. The van der Waals surface area contributed by atoms with Gasteiger partial charge in [0.2, 0.25) is 23.6 Å². The van der Waals surface area contributed by atoms with E-state index in [1.54, 1.807) is 19.2 Å². The Morgan fingerprint density at radius 1 is 1.17 bits per heavy atom. The SMILES string of the molecule is CC(C)C[C@H](NC(=O)C(F)(F)F)C(=O)N1C[C@H]2[C@@H]([C@H]1C(=O)N[C@@H](C[C@@H]1CCNC1=O)C(N)=O)C2(C)C. The summed E-state index contributed by atoms with van der Waals surface area (Å²) < 4.78 is 38.7. The van der Waals surface area contributed by atoms with Gasteiger partial charge in [-0.3, -0.25) is 24.0 Å². The lowest BCUT2D eigenvalue weighted by molar-refractivity contribution is -0.175. The summed E-state index contributed by atoms with van der Waals surface area (Å²) in [7, 11) is 0. The molecule has 10 nitrogen and oxygen atoms in total. The highest BCUT2D eigenvalue weighted by Gasteiger charge is 2.69. The van der Waals surface area contributed by atoms with Crippen LogP contribution in [0.25, 0.3) is 0 Å². The van der Waals surface area contributed by atoms with Crippen LogP contribution in [0.1, 0.15) is 47.0 Å². The molecule has 0 aromatic heterocycles. The van der Waals surface area contributed by atoms with Crippen LogP contribution < -0.4 is 21.7 Å². The fourth-order valence-corrected chi connectivity index (χ4v) is 5.60. The smallest absolute Gasteiger partial charge is 0.368 e. The Bertz CT molecular complexity index is 938. The average molecular weight is 518 g/mol. The van der Waals surface area contributed by atoms with Crippen LogP contribution in [0, 0.1) is 29.1 Å². The quantitative estimate of drug-likeness (QED) is 0.341. The van der Waals surface area contributed by atoms with Crippen LogP contribution in [0.5, 0.6) is 0 Å². The van der Waals surface area contributed by atoms with Crippen molar-refractivity contribution in [3.8, 4) is 0 Å². The molecule has 36 heavy (non-hydrogen) atoms. The van der Waals surface area contributed by atoms with Gasteiger partial charge in [-0.25, -0.2) is 0 Å². The van der Waals surface area contributed by atoms with E-state index in [0.29, 0.717) is 13.0 Å². The predicted molar refractivity (Wildman–Crippen MR) is 121 cm³/mol. The first-order chi connectivity index (χ1) is 16.6. The van der Waals surface area contributed by atoms with Crippen molar-refractivity contribution in [1.82, 2.24) is 20.9 Å². The number of fused-ring (bicyclic) bond motifs is 1. The molecule has 0 spiro atoms. The van der Waals surface area contributed by atoms with Crippen LogP contribution in [0.15, 0.2) is 0 Å². The Morgan fingerprint density at radius 3 is 2.31 bits per heavy atom. The molecule has 3 rings (SSSR count). The Labute approximate surface area is 207 Å². The van der Waals surface area contributed by atoms with Crippen LogP contribution in [0.2, 0.25) is 0 Å². The van der Waals surface area contributed by atoms with Crippen molar-refractivity contribution in [3.05, 3.63) is 0 Å². The number of hydrogen-bond donors (Lipinski definition) is 4. The molecule has 5 amide bonds. The Kier molecular flexibility index (Phi) is 7.62. The van der Waals surface area contributed by atoms with Crippen molar-refractivity contribution in [2.24, 2.45) is 34.8 Å². The molecule has 2 saturated heterocycles. The maximum absolute atomic E-state index is 13.4. The fraction of sp³-hybridized carbons (Fsp3) is 0.783. The maximum atomic E-state index is 13.4. The Morgan fingerprint density at radius 2 is 1.81 bits per heavy atom. The van der Waals surface area contributed by atoms with Crippen molar-refractivity contribution < 1.29 is 37.1 Å². The summed E-state index contributed by atoms with van der Waals surface area (Å²) in [5, 5.41) is 7.01.